The molecular weight excluding hydrogens is 479 g/mol. The summed E-state index contributed by atoms with van der Waals surface area (Å²) < 4.78 is 20.3. The molecule has 3 aromatic rings. The highest BCUT2D eigenvalue weighted by Crippen LogP contribution is 2.23. The summed E-state index contributed by atoms with van der Waals surface area (Å²) in [4.78, 5) is 40.0. The average Bonchev–Trinajstić information content (AvgIpc) is 3.29. The molecule has 0 aliphatic carbocycles. The zero-order valence-corrected chi connectivity index (χ0v) is 21.0. The molecule has 0 bridgehead atoms. The molecule has 0 saturated heterocycles. The van der Waals surface area contributed by atoms with Crippen molar-refractivity contribution in [2.75, 3.05) is 10.6 Å². The molecule has 9 nitrogen and oxygen atoms in total. The van der Waals surface area contributed by atoms with Crippen molar-refractivity contribution < 1.29 is 28.3 Å². The fourth-order valence-electron chi connectivity index (χ4n) is 3.71. The number of hydrogen-bond donors (Lipinski definition) is 4. The van der Waals surface area contributed by atoms with E-state index in [4.69, 9.17) is 9.52 Å². The van der Waals surface area contributed by atoms with Gasteiger partial charge in [-0.15, -0.1) is 0 Å². The van der Waals surface area contributed by atoms with Crippen LogP contribution in [0, 0.1) is 18.7 Å². The molecule has 3 rings (SSSR count). The molecule has 0 radical (unpaired) electrons. The Morgan fingerprint density at radius 3 is 2.49 bits per heavy atom. The Morgan fingerprint density at radius 2 is 1.81 bits per heavy atom. The quantitative estimate of drug-likeness (QED) is 0.279. The summed E-state index contributed by atoms with van der Waals surface area (Å²) in [6.45, 7) is 5.83. The topological polar surface area (TPSA) is 134 Å². The molecule has 37 heavy (non-hydrogen) atoms. The zero-order valence-electron chi connectivity index (χ0n) is 21.0. The summed E-state index contributed by atoms with van der Waals surface area (Å²) in [6, 6.07) is 10.3. The summed E-state index contributed by atoms with van der Waals surface area (Å²) in [7, 11) is 0. The van der Waals surface area contributed by atoms with Crippen molar-refractivity contribution in [2.24, 2.45) is 5.92 Å². The second kappa shape index (κ2) is 12.7. The Labute approximate surface area is 214 Å². The van der Waals surface area contributed by atoms with Gasteiger partial charge in [-0.3, -0.25) is 9.59 Å². The number of nitrogens with zero attached hydrogens (tertiary/aromatic N) is 1. The fraction of sp³-hybridized carbons (Fsp3) is 0.333. The molecule has 0 spiro atoms. The van der Waals surface area contributed by atoms with Crippen LogP contribution in [0.15, 0.2) is 53.1 Å². The van der Waals surface area contributed by atoms with Crippen molar-refractivity contribution in [1.29, 1.82) is 0 Å². The fourth-order valence-corrected chi connectivity index (χ4v) is 3.71. The third-order valence-corrected chi connectivity index (χ3v) is 5.54. The first-order chi connectivity index (χ1) is 17.6. The van der Waals surface area contributed by atoms with E-state index in [1.807, 2.05) is 32.9 Å². The SMILES string of the molecule is Cc1ccccc1NC(=O)Nc1ccc(CC(=O)NC(CC(C)C)c2ncc(CCC(=O)O)o2)cc1F. The van der Waals surface area contributed by atoms with Crippen molar-refractivity contribution in [2.45, 2.75) is 52.5 Å². The highest BCUT2D eigenvalue weighted by molar-refractivity contribution is 6.00. The Kier molecular flexibility index (Phi) is 9.37. The molecule has 1 unspecified atom stereocenters. The Hall–Kier alpha value is -4.21. The molecule has 1 atom stereocenters. The second-order valence-corrected chi connectivity index (χ2v) is 9.19. The number of hydrogen-bond acceptors (Lipinski definition) is 5. The number of aromatic nitrogens is 1. The van der Waals surface area contributed by atoms with E-state index in [-0.39, 0.29) is 36.8 Å². The maximum absolute atomic E-state index is 14.7. The number of halogens is 1. The highest BCUT2D eigenvalue weighted by atomic mass is 19.1. The van der Waals surface area contributed by atoms with Gasteiger partial charge < -0.3 is 25.5 Å². The van der Waals surface area contributed by atoms with Gasteiger partial charge in [-0.05, 0) is 48.6 Å². The van der Waals surface area contributed by atoms with Gasteiger partial charge in [-0.1, -0.05) is 38.1 Å². The molecule has 3 amide bonds. The number of benzene rings is 2. The summed E-state index contributed by atoms with van der Waals surface area (Å²) in [5.41, 5.74) is 1.90. The lowest BCUT2D eigenvalue weighted by Gasteiger charge is -2.18. The van der Waals surface area contributed by atoms with Crippen molar-refractivity contribution in [3.05, 3.63) is 77.3 Å². The van der Waals surface area contributed by atoms with Gasteiger partial charge in [0.2, 0.25) is 11.8 Å². The van der Waals surface area contributed by atoms with Gasteiger partial charge in [-0.25, -0.2) is 14.2 Å². The van der Waals surface area contributed by atoms with E-state index in [2.05, 4.69) is 20.9 Å². The monoisotopic (exact) mass is 510 g/mol. The van der Waals surface area contributed by atoms with Crippen LogP contribution < -0.4 is 16.0 Å². The normalized spacial score (nSPS) is 11.7. The smallest absolute Gasteiger partial charge is 0.323 e. The predicted octanol–water partition coefficient (Wildman–Crippen LogP) is 5.23. The number of rotatable bonds is 11. The third kappa shape index (κ3) is 8.45. The standard InChI is InChI=1S/C27H31FN4O5/c1-16(2)12-23(26-29-15-19(37-26)9-11-25(34)35)30-24(33)14-18-8-10-22(20(28)13-18)32-27(36)31-21-7-5-4-6-17(21)3/h4-8,10,13,15-16,23H,9,11-12,14H2,1-3H3,(H,30,33)(H,34,35)(H2,31,32,36). The molecule has 10 heteroatoms. The first kappa shape index (κ1) is 27.4. The number of carbonyl (C=O) groups is 3. The Bertz CT molecular complexity index is 1260. The van der Waals surface area contributed by atoms with Gasteiger partial charge in [0.25, 0.3) is 0 Å². The molecule has 0 fully saturated rings. The number of aliphatic carboxylic acids is 1. The second-order valence-electron chi connectivity index (χ2n) is 9.19. The number of carboxylic acids is 1. The number of para-hydroxylation sites is 1. The number of nitrogens with one attached hydrogen (secondary N) is 3. The summed E-state index contributed by atoms with van der Waals surface area (Å²) >= 11 is 0. The zero-order chi connectivity index (χ0) is 26.9. The van der Waals surface area contributed by atoms with E-state index in [0.717, 1.165) is 5.56 Å². The van der Waals surface area contributed by atoms with Gasteiger partial charge in [0.1, 0.15) is 17.6 Å². The first-order valence-corrected chi connectivity index (χ1v) is 12.0. The summed E-state index contributed by atoms with van der Waals surface area (Å²) in [5.74, 6) is -1.02. The van der Waals surface area contributed by atoms with Crippen molar-refractivity contribution in [1.82, 2.24) is 10.3 Å². The Morgan fingerprint density at radius 1 is 1.08 bits per heavy atom. The minimum atomic E-state index is -0.939. The average molecular weight is 511 g/mol. The molecular formula is C27H31FN4O5. The van der Waals surface area contributed by atoms with Crippen LogP contribution in [0.2, 0.25) is 0 Å². The van der Waals surface area contributed by atoms with Crippen LogP contribution in [-0.2, 0) is 22.4 Å². The van der Waals surface area contributed by atoms with Crippen LogP contribution in [0.3, 0.4) is 0 Å². The van der Waals surface area contributed by atoms with E-state index < -0.39 is 23.9 Å². The first-order valence-electron chi connectivity index (χ1n) is 12.0. The van der Waals surface area contributed by atoms with Gasteiger partial charge in [0.15, 0.2) is 0 Å². The maximum atomic E-state index is 14.7. The number of anilines is 2. The number of aryl methyl sites for hydroxylation is 2. The van der Waals surface area contributed by atoms with Crippen LogP contribution in [0.1, 0.15) is 55.5 Å². The van der Waals surface area contributed by atoms with E-state index in [1.54, 1.807) is 18.2 Å². The number of carbonyl (C=O) groups excluding carboxylic acids is 2. The lowest BCUT2D eigenvalue weighted by atomic mass is 10.0. The number of carboxylic acid groups (broad SMARTS) is 1. The van der Waals surface area contributed by atoms with Crippen molar-refractivity contribution >= 4 is 29.3 Å². The van der Waals surface area contributed by atoms with Crippen LogP contribution in [0.5, 0.6) is 0 Å². The van der Waals surface area contributed by atoms with Crippen LogP contribution >= 0.6 is 0 Å². The van der Waals surface area contributed by atoms with Crippen LogP contribution in [0.25, 0.3) is 0 Å². The molecule has 4 N–H and O–H groups in total. The van der Waals surface area contributed by atoms with E-state index >= 15 is 0 Å². The Balaban J connectivity index is 1.61. The van der Waals surface area contributed by atoms with Gasteiger partial charge in [0.05, 0.1) is 24.7 Å². The summed E-state index contributed by atoms with van der Waals surface area (Å²) in [5, 5.41) is 16.9. The van der Waals surface area contributed by atoms with Crippen molar-refractivity contribution in [3.8, 4) is 0 Å². The van der Waals surface area contributed by atoms with Gasteiger partial charge >= 0.3 is 12.0 Å². The van der Waals surface area contributed by atoms with Crippen LogP contribution in [-0.4, -0.2) is 28.0 Å². The minimum absolute atomic E-state index is 0.0124. The number of amides is 3. The molecule has 0 saturated carbocycles. The number of oxazole rings is 1. The lowest BCUT2D eigenvalue weighted by Crippen LogP contribution is -2.31. The molecule has 0 aliphatic heterocycles. The van der Waals surface area contributed by atoms with E-state index in [9.17, 15) is 18.8 Å². The maximum Gasteiger partial charge on any atom is 0.323 e. The van der Waals surface area contributed by atoms with Crippen molar-refractivity contribution in [3.63, 3.8) is 0 Å². The number of urea groups is 1. The highest BCUT2D eigenvalue weighted by Gasteiger charge is 2.22. The largest absolute Gasteiger partial charge is 0.481 e. The van der Waals surface area contributed by atoms with Crippen LogP contribution in [0.4, 0.5) is 20.6 Å². The molecule has 1 aromatic heterocycles. The molecule has 1 heterocycles. The van der Waals surface area contributed by atoms with E-state index in [0.29, 0.717) is 29.3 Å². The van der Waals surface area contributed by atoms with E-state index in [1.165, 1.54) is 18.3 Å². The molecule has 0 aliphatic rings. The van der Waals surface area contributed by atoms with Gasteiger partial charge in [-0.2, -0.15) is 0 Å². The predicted molar refractivity (Wildman–Crippen MR) is 137 cm³/mol. The molecule has 2 aromatic carbocycles. The molecule has 196 valence electrons. The van der Waals surface area contributed by atoms with Gasteiger partial charge in [0, 0.05) is 12.1 Å². The lowest BCUT2D eigenvalue weighted by molar-refractivity contribution is -0.137. The minimum Gasteiger partial charge on any atom is -0.481 e. The summed E-state index contributed by atoms with van der Waals surface area (Å²) in [6.07, 6.45) is 2.05. The third-order valence-electron chi connectivity index (χ3n) is 5.54.